The summed E-state index contributed by atoms with van der Waals surface area (Å²) in [5.74, 6) is 2.15. The predicted octanol–water partition coefficient (Wildman–Crippen LogP) is 5.77. The second-order valence-electron chi connectivity index (χ2n) is 7.97. The molecule has 0 aliphatic heterocycles. The average Bonchev–Trinajstić information content (AvgIpc) is 3.31. The van der Waals surface area contributed by atoms with Crippen LogP contribution < -0.4 is 5.56 Å². The van der Waals surface area contributed by atoms with Gasteiger partial charge < -0.3 is 0 Å². The summed E-state index contributed by atoms with van der Waals surface area (Å²) in [6, 6.07) is 7.36. The van der Waals surface area contributed by atoms with E-state index < -0.39 is 0 Å². The number of halogens is 1. The topological polar surface area (TPSA) is 52.2 Å². The van der Waals surface area contributed by atoms with Gasteiger partial charge in [-0.1, -0.05) is 43.6 Å². The largest absolute Gasteiger partial charge is 0.268 e. The van der Waals surface area contributed by atoms with E-state index in [1.165, 1.54) is 16.9 Å². The van der Waals surface area contributed by atoms with Gasteiger partial charge in [0, 0.05) is 15.7 Å². The van der Waals surface area contributed by atoms with Gasteiger partial charge in [-0.3, -0.25) is 4.79 Å². The van der Waals surface area contributed by atoms with Gasteiger partial charge in [0.15, 0.2) is 5.16 Å². The molecule has 156 valence electrons. The first kappa shape index (κ1) is 20.1. The highest BCUT2D eigenvalue weighted by atomic mass is 35.5. The number of thiophene rings is 1. The van der Waals surface area contributed by atoms with Crippen LogP contribution in [0, 0.1) is 5.92 Å². The fourth-order valence-electron chi connectivity index (χ4n) is 4.13. The van der Waals surface area contributed by atoms with Gasteiger partial charge in [-0.15, -0.1) is 21.5 Å². The molecule has 8 heteroatoms. The Labute approximate surface area is 188 Å². The van der Waals surface area contributed by atoms with Crippen LogP contribution in [0.3, 0.4) is 0 Å². The van der Waals surface area contributed by atoms with Gasteiger partial charge in [0.1, 0.15) is 4.83 Å². The maximum Gasteiger partial charge on any atom is 0.268 e. The quantitative estimate of drug-likeness (QED) is 0.281. The minimum atomic E-state index is -0.0102. The number of hydrogen-bond acceptors (Lipinski definition) is 5. The Kier molecular flexibility index (Phi) is 5.37. The van der Waals surface area contributed by atoms with Crippen molar-refractivity contribution < 1.29 is 0 Å². The van der Waals surface area contributed by atoms with Crippen molar-refractivity contribution in [1.29, 1.82) is 0 Å². The first-order valence-corrected chi connectivity index (χ1v) is 12.6. The van der Waals surface area contributed by atoms with E-state index in [4.69, 9.17) is 11.6 Å². The van der Waals surface area contributed by atoms with Crippen LogP contribution in [-0.2, 0) is 12.8 Å². The molecule has 4 aromatic rings. The minimum absolute atomic E-state index is 0.0102. The molecule has 1 atom stereocenters. The smallest absolute Gasteiger partial charge is 0.268 e. The summed E-state index contributed by atoms with van der Waals surface area (Å²) in [7, 11) is 0. The lowest BCUT2D eigenvalue weighted by molar-refractivity contribution is 0.508. The van der Waals surface area contributed by atoms with E-state index in [1.54, 1.807) is 27.7 Å². The third-order valence-electron chi connectivity index (χ3n) is 5.74. The highest BCUT2D eigenvalue weighted by molar-refractivity contribution is 7.99. The van der Waals surface area contributed by atoms with Crippen LogP contribution in [0.5, 0.6) is 0 Å². The lowest BCUT2D eigenvalue weighted by Gasteiger charge is -2.18. The first-order chi connectivity index (χ1) is 14.6. The molecular weight excluding hydrogens is 436 g/mol. The zero-order chi connectivity index (χ0) is 20.8. The molecule has 3 aromatic heterocycles. The second kappa shape index (κ2) is 8.02. The number of thioether (sulfide) groups is 1. The van der Waals surface area contributed by atoms with Crippen molar-refractivity contribution in [3.63, 3.8) is 0 Å². The first-order valence-electron chi connectivity index (χ1n) is 10.4. The number of unbranched alkanes of at least 4 members (excludes halogenated alkanes) is 1. The van der Waals surface area contributed by atoms with Crippen molar-refractivity contribution in [2.45, 2.75) is 51.1 Å². The van der Waals surface area contributed by atoms with Crippen LogP contribution in [0.4, 0.5) is 0 Å². The SMILES string of the molecule is CCCCSc1nnc2n(-c3ccc(Cl)cc3)c(=O)c3c4c(sc3n12)CCC(C)C4. The number of rotatable bonds is 5. The number of hydrogen-bond donors (Lipinski definition) is 0. The summed E-state index contributed by atoms with van der Waals surface area (Å²) in [5.41, 5.74) is 1.98. The van der Waals surface area contributed by atoms with E-state index in [0.29, 0.717) is 16.7 Å². The van der Waals surface area contributed by atoms with E-state index in [2.05, 4.69) is 28.4 Å². The van der Waals surface area contributed by atoms with E-state index in [0.717, 1.165) is 52.5 Å². The van der Waals surface area contributed by atoms with Crippen molar-refractivity contribution in [3.8, 4) is 5.69 Å². The summed E-state index contributed by atoms with van der Waals surface area (Å²) in [4.78, 5) is 16.1. The zero-order valence-corrected chi connectivity index (χ0v) is 19.4. The Morgan fingerprint density at radius 1 is 1.27 bits per heavy atom. The average molecular weight is 459 g/mol. The minimum Gasteiger partial charge on any atom is -0.268 e. The van der Waals surface area contributed by atoms with Crippen LogP contribution in [0.2, 0.25) is 5.02 Å². The van der Waals surface area contributed by atoms with Gasteiger partial charge >= 0.3 is 0 Å². The van der Waals surface area contributed by atoms with Gasteiger partial charge in [0.25, 0.3) is 5.56 Å². The molecule has 0 N–H and O–H groups in total. The summed E-state index contributed by atoms with van der Waals surface area (Å²) in [6.45, 7) is 4.46. The van der Waals surface area contributed by atoms with Crippen molar-refractivity contribution in [2.24, 2.45) is 5.92 Å². The summed E-state index contributed by atoms with van der Waals surface area (Å²) < 4.78 is 3.79. The van der Waals surface area contributed by atoms with E-state index in [9.17, 15) is 4.79 Å². The molecular formula is C22H23ClN4OS2. The van der Waals surface area contributed by atoms with E-state index in [1.807, 2.05) is 24.3 Å². The van der Waals surface area contributed by atoms with Gasteiger partial charge in [-0.2, -0.15) is 0 Å². The molecule has 1 aliphatic carbocycles. The molecule has 0 saturated heterocycles. The van der Waals surface area contributed by atoms with Gasteiger partial charge in [0.2, 0.25) is 5.78 Å². The van der Waals surface area contributed by atoms with Crippen LogP contribution in [0.15, 0.2) is 34.2 Å². The summed E-state index contributed by atoms with van der Waals surface area (Å²) >= 11 is 9.56. The molecule has 0 bridgehead atoms. The molecule has 30 heavy (non-hydrogen) atoms. The Balaban J connectivity index is 1.84. The Morgan fingerprint density at radius 3 is 2.83 bits per heavy atom. The molecule has 0 fully saturated rings. The number of nitrogens with zero attached hydrogens (tertiary/aromatic N) is 4. The van der Waals surface area contributed by atoms with Gasteiger partial charge in [0.05, 0.1) is 11.1 Å². The highest BCUT2D eigenvalue weighted by Gasteiger charge is 2.27. The lowest BCUT2D eigenvalue weighted by Crippen LogP contribution is -2.22. The van der Waals surface area contributed by atoms with E-state index in [-0.39, 0.29) is 5.56 Å². The van der Waals surface area contributed by atoms with Crippen molar-refractivity contribution in [1.82, 2.24) is 19.2 Å². The second-order valence-corrected chi connectivity index (χ2v) is 10.6. The molecule has 0 spiro atoms. The third-order valence-corrected chi connectivity index (χ3v) is 8.28. The Morgan fingerprint density at radius 2 is 2.07 bits per heavy atom. The molecule has 3 heterocycles. The van der Waals surface area contributed by atoms with Gasteiger partial charge in [-0.05, 0) is 61.4 Å². The fourth-order valence-corrected chi connectivity index (χ4v) is 6.67. The van der Waals surface area contributed by atoms with Crippen molar-refractivity contribution >= 4 is 50.7 Å². The molecule has 0 saturated carbocycles. The molecule has 0 amide bonds. The van der Waals surface area contributed by atoms with Gasteiger partial charge in [-0.25, -0.2) is 8.97 Å². The lowest BCUT2D eigenvalue weighted by atomic mass is 9.89. The standard InChI is InChI=1S/C22H23ClN4OS2/c1-3-4-11-29-22-25-24-21-26(15-8-6-14(23)7-9-15)19(28)18-16-12-13(2)5-10-17(16)30-20(18)27(21)22/h6-9,13H,3-5,10-12H2,1-2H3. The maximum absolute atomic E-state index is 13.8. The molecule has 5 rings (SSSR count). The molecule has 1 aromatic carbocycles. The molecule has 5 nitrogen and oxygen atoms in total. The zero-order valence-electron chi connectivity index (χ0n) is 17.0. The van der Waals surface area contributed by atoms with E-state index >= 15 is 0 Å². The van der Waals surface area contributed by atoms with Crippen LogP contribution in [0.1, 0.15) is 43.6 Å². The fraction of sp³-hybridized carbons (Fsp3) is 0.409. The number of benzene rings is 1. The monoisotopic (exact) mass is 458 g/mol. The van der Waals surface area contributed by atoms with Crippen LogP contribution >= 0.6 is 34.7 Å². The van der Waals surface area contributed by atoms with Crippen LogP contribution in [-0.4, -0.2) is 24.9 Å². The maximum atomic E-state index is 13.8. The van der Waals surface area contributed by atoms with Crippen molar-refractivity contribution in [3.05, 3.63) is 50.1 Å². The normalized spacial score (nSPS) is 16.4. The Bertz CT molecular complexity index is 1290. The number of aromatic nitrogens is 4. The molecule has 0 radical (unpaired) electrons. The number of fused-ring (bicyclic) bond motifs is 5. The highest BCUT2D eigenvalue weighted by Crippen LogP contribution is 2.38. The van der Waals surface area contributed by atoms with Crippen molar-refractivity contribution in [2.75, 3.05) is 5.75 Å². The summed E-state index contributed by atoms with van der Waals surface area (Å²) in [5, 5.41) is 11.3. The third kappa shape index (κ3) is 3.27. The summed E-state index contributed by atoms with van der Waals surface area (Å²) in [6.07, 6.45) is 5.43. The predicted molar refractivity (Wildman–Crippen MR) is 126 cm³/mol. The Hall–Kier alpha value is -1.83. The van der Waals surface area contributed by atoms with Crippen LogP contribution in [0.25, 0.3) is 21.7 Å². The molecule has 1 unspecified atom stereocenters. The molecule has 1 aliphatic rings. The number of aryl methyl sites for hydroxylation is 1.